The molecule has 0 saturated carbocycles. The molecule has 0 amide bonds. The van der Waals surface area contributed by atoms with Crippen LogP contribution >= 0.6 is 23.1 Å². The van der Waals surface area contributed by atoms with Crippen LogP contribution in [0.5, 0.6) is 5.75 Å². The smallest absolute Gasteiger partial charge is 0.268 e. The SMILES string of the molecule is Oc1cccc(-c2noc(-c3cc4c(s3)CCSC4)n2)c1. The van der Waals surface area contributed by atoms with Gasteiger partial charge >= 0.3 is 0 Å². The number of thiophene rings is 1. The Hall–Kier alpha value is -1.79. The molecule has 3 heterocycles. The zero-order valence-corrected chi connectivity index (χ0v) is 12.7. The van der Waals surface area contributed by atoms with Crippen LogP contribution < -0.4 is 0 Å². The molecule has 0 aliphatic carbocycles. The first-order valence-electron chi connectivity index (χ1n) is 6.62. The van der Waals surface area contributed by atoms with E-state index >= 15 is 0 Å². The number of rotatable bonds is 2. The van der Waals surface area contributed by atoms with E-state index in [1.165, 1.54) is 16.2 Å². The lowest BCUT2D eigenvalue weighted by atomic mass is 10.2. The molecule has 21 heavy (non-hydrogen) atoms. The van der Waals surface area contributed by atoms with Crippen LogP contribution in [0.1, 0.15) is 10.4 Å². The Balaban J connectivity index is 1.69. The van der Waals surface area contributed by atoms with Crippen LogP contribution in [0.15, 0.2) is 34.9 Å². The van der Waals surface area contributed by atoms with E-state index in [4.69, 9.17) is 4.52 Å². The largest absolute Gasteiger partial charge is 0.508 e. The second kappa shape index (κ2) is 5.20. The molecule has 0 saturated heterocycles. The second-order valence-electron chi connectivity index (χ2n) is 4.84. The Kier molecular flexibility index (Phi) is 3.20. The van der Waals surface area contributed by atoms with Crippen molar-refractivity contribution in [2.75, 3.05) is 5.75 Å². The van der Waals surface area contributed by atoms with E-state index in [0.717, 1.165) is 22.6 Å². The molecule has 0 unspecified atom stereocenters. The molecular weight excluding hydrogens is 304 g/mol. The van der Waals surface area contributed by atoms with Crippen LogP contribution in [0.2, 0.25) is 0 Å². The summed E-state index contributed by atoms with van der Waals surface area (Å²) in [5.41, 5.74) is 2.14. The molecule has 2 aromatic heterocycles. The van der Waals surface area contributed by atoms with Gasteiger partial charge in [-0.15, -0.1) is 11.3 Å². The van der Waals surface area contributed by atoms with Gasteiger partial charge in [-0.2, -0.15) is 16.7 Å². The number of phenols is 1. The van der Waals surface area contributed by atoms with Gasteiger partial charge in [0.15, 0.2) is 0 Å². The van der Waals surface area contributed by atoms with Crippen LogP contribution in [0.3, 0.4) is 0 Å². The molecule has 1 aliphatic heterocycles. The minimum absolute atomic E-state index is 0.197. The predicted molar refractivity (Wildman–Crippen MR) is 84.6 cm³/mol. The van der Waals surface area contributed by atoms with Gasteiger partial charge in [-0.05, 0) is 35.9 Å². The topological polar surface area (TPSA) is 59.2 Å². The molecule has 0 spiro atoms. The molecule has 106 valence electrons. The third-order valence-electron chi connectivity index (χ3n) is 3.37. The average Bonchev–Trinajstić information content (AvgIpc) is 3.14. The molecule has 4 nitrogen and oxygen atoms in total. The Morgan fingerprint density at radius 1 is 1.24 bits per heavy atom. The molecule has 0 radical (unpaired) electrons. The fourth-order valence-electron chi connectivity index (χ4n) is 2.34. The number of aromatic hydroxyl groups is 1. The van der Waals surface area contributed by atoms with Gasteiger partial charge in [-0.25, -0.2) is 0 Å². The third-order valence-corrected chi connectivity index (χ3v) is 5.60. The maximum absolute atomic E-state index is 9.52. The summed E-state index contributed by atoms with van der Waals surface area (Å²) in [6, 6.07) is 9.03. The number of fused-ring (bicyclic) bond motifs is 1. The Morgan fingerprint density at radius 2 is 2.19 bits per heavy atom. The van der Waals surface area contributed by atoms with Crippen molar-refractivity contribution in [2.45, 2.75) is 12.2 Å². The minimum atomic E-state index is 0.197. The average molecular weight is 316 g/mol. The van der Waals surface area contributed by atoms with Crippen LogP contribution in [-0.2, 0) is 12.2 Å². The first kappa shape index (κ1) is 12.9. The second-order valence-corrected chi connectivity index (χ2v) is 7.08. The van der Waals surface area contributed by atoms with E-state index in [-0.39, 0.29) is 5.75 Å². The molecule has 6 heteroatoms. The van der Waals surface area contributed by atoms with E-state index in [1.54, 1.807) is 29.5 Å². The van der Waals surface area contributed by atoms with Crippen LogP contribution in [-0.4, -0.2) is 21.0 Å². The Bertz CT molecular complexity index is 771. The maximum Gasteiger partial charge on any atom is 0.268 e. The van der Waals surface area contributed by atoms with Crippen molar-refractivity contribution >= 4 is 23.1 Å². The van der Waals surface area contributed by atoms with Gasteiger partial charge in [0.25, 0.3) is 5.89 Å². The van der Waals surface area contributed by atoms with Crippen LogP contribution in [0.25, 0.3) is 22.2 Å². The lowest BCUT2D eigenvalue weighted by molar-refractivity contribution is 0.433. The zero-order chi connectivity index (χ0) is 14.2. The lowest BCUT2D eigenvalue weighted by Gasteiger charge is -2.08. The minimum Gasteiger partial charge on any atom is -0.508 e. The van der Waals surface area contributed by atoms with Crippen molar-refractivity contribution in [3.05, 3.63) is 40.8 Å². The number of phenolic OH excluding ortho intramolecular Hbond substituents is 1. The highest BCUT2D eigenvalue weighted by Crippen LogP contribution is 2.36. The van der Waals surface area contributed by atoms with E-state index < -0.39 is 0 Å². The molecule has 3 aromatic rings. The summed E-state index contributed by atoms with van der Waals surface area (Å²) in [7, 11) is 0. The van der Waals surface area contributed by atoms with Crippen molar-refractivity contribution in [3.8, 4) is 27.9 Å². The van der Waals surface area contributed by atoms with Gasteiger partial charge in [-0.3, -0.25) is 0 Å². The fraction of sp³-hybridized carbons (Fsp3) is 0.200. The standard InChI is InChI=1S/C15H12N2O2S2/c18-11-3-1-2-9(6-11)14-16-15(19-17-14)13-7-10-8-20-5-4-12(10)21-13/h1-3,6-7,18H,4-5,8H2. The number of benzene rings is 1. The number of hydrogen-bond donors (Lipinski definition) is 1. The molecule has 1 N–H and O–H groups in total. The predicted octanol–water partition coefficient (Wildman–Crippen LogP) is 3.96. The summed E-state index contributed by atoms with van der Waals surface area (Å²) >= 11 is 3.70. The van der Waals surface area contributed by atoms with Gasteiger partial charge in [0.05, 0.1) is 4.88 Å². The highest BCUT2D eigenvalue weighted by molar-refractivity contribution is 7.98. The van der Waals surface area contributed by atoms with Gasteiger partial charge < -0.3 is 9.63 Å². The normalized spacial score (nSPS) is 14.1. The Labute approximate surface area is 129 Å². The quantitative estimate of drug-likeness (QED) is 0.775. The number of hydrogen-bond acceptors (Lipinski definition) is 6. The summed E-state index contributed by atoms with van der Waals surface area (Å²) in [6.45, 7) is 0. The number of thioether (sulfide) groups is 1. The summed E-state index contributed by atoms with van der Waals surface area (Å²) < 4.78 is 5.38. The van der Waals surface area contributed by atoms with Crippen molar-refractivity contribution in [2.24, 2.45) is 0 Å². The molecule has 1 aromatic carbocycles. The van der Waals surface area contributed by atoms with Gasteiger partial charge in [0.1, 0.15) is 5.75 Å². The first-order chi connectivity index (χ1) is 10.3. The summed E-state index contributed by atoms with van der Waals surface area (Å²) in [5, 5.41) is 13.5. The molecule has 0 bridgehead atoms. The van der Waals surface area contributed by atoms with Gasteiger partial charge in [0, 0.05) is 16.2 Å². The van der Waals surface area contributed by atoms with Crippen molar-refractivity contribution in [1.29, 1.82) is 0 Å². The van der Waals surface area contributed by atoms with E-state index in [0.29, 0.717) is 11.7 Å². The van der Waals surface area contributed by atoms with Crippen molar-refractivity contribution < 1.29 is 9.63 Å². The lowest BCUT2D eigenvalue weighted by Crippen LogP contribution is -1.96. The van der Waals surface area contributed by atoms with Crippen molar-refractivity contribution in [1.82, 2.24) is 10.1 Å². The van der Waals surface area contributed by atoms with Crippen molar-refractivity contribution in [3.63, 3.8) is 0 Å². The number of nitrogens with zero attached hydrogens (tertiary/aromatic N) is 2. The molecule has 0 fully saturated rings. The fourth-order valence-corrected chi connectivity index (χ4v) is 4.63. The third kappa shape index (κ3) is 2.45. The molecule has 4 rings (SSSR count). The Morgan fingerprint density at radius 3 is 3.05 bits per heavy atom. The van der Waals surface area contributed by atoms with Gasteiger partial charge in [0.2, 0.25) is 5.82 Å². The summed E-state index contributed by atoms with van der Waals surface area (Å²) in [6.07, 6.45) is 1.12. The monoisotopic (exact) mass is 316 g/mol. The van der Waals surface area contributed by atoms with E-state index in [1.807, 2.05) is 17.8 Å². The van der Waals surface area contributed by atoms with E-state index in [9.17, 15) is 5.11 Å². The number of aryl methyl sites for hydroxylation is 1. The summed E-state index contributed by atoms with van der Waals surface area (Å²) in [4.78, 5) is 6.91. The van der Waals surface area contributed by atoms with Gasteiger partial charge in [-0.1, -0.05) is 17.3 Å². The molecule has 0 atom stereocenters. The number of aromatic nitrogens is 2. The van der Waals surface area contributed by atoms with Crippen LogP contribution in [0.4, 0.5) is 0 Å². The highest BCUT2D eigenvalue weighted by atomic mass is 32.2. The molecular formula is C15H12N2O2S2. The van der Waals surface area contributed by atoms with E-state index in [2.05, 4.69) is 16.2 Å². The van der Waals surface area contributed by atoms with Crippen LogP contribution in [0, 0.1) is 0 Å². The highest BCUT2D eigenvalue weighted by Gasteiger charge is 2.18. The first-order valence-corrected chi connectivity index (χ1v) is 8.59. The molecule has 1 aliphatic rings. The summed E-state index contributed by atoms with van der Waals surface area (Å²) in [5.74, 6) is 3.51. The maximum atomic E-state index is 9.52. The zero-order valence-electron chi connectivity index (χ0n) is 11.1.